The molecule has 0 aliphatic carbocycles. The number of carbonyl (C=O) groups is 1. The Bertz CT molecular complexity index is 426. The van der Waals surface area contributed by atoms with Crippen molar-refractivity contribution in [2.24, 2.45) is 5.92 Å². The summed E-state index contributed by atoms with van der Waals surface area (Å²) in [5, 5.41) is 9.00. The molecule has 0 amide bonds. The quantitative estimate of drug-likeness (QED) is 0.767. The van der Waals surface area contributed by atoms with E-state index < -0.39 is 11.9 Å². The second-order valence-corrected chi connectivity index (χ2v) is 4.84. The molecule has 0 aliphatic heterocycles. The highest BCUT2D eigenvalue weighted by atomic mass is 16.4. The first-order valence-corrected chi connectivity index (χ1v) is 6.31. The fraction of sp³-hybridized carbons (Fsp3) is 0.400. The lowest BCUT2D eigenvalue weighted by Gasteiger charge is -2.26. The third-order valence-corrected chi connectivity index (χ3v) is 3.00. The van der Waals surface area contributed by atoms with Crippen molar-refractivity contribution in [3.8, 4) is 0 Å². The Balaban J connectivity index is 2.86. The molecule has 19 heavy (non-hydrogen) atoms. The first kappa shape index (κ1) is 15.1. The lowest BCUT2D eigenvalue weighted by atomic mass is 10.1. The van der Waals surface area contributed by atoms with Gasteiger partial charge in [-0.05, 0) is 24.3 Å². The van der Waals surface area contributed by atoms with E-state index in [-0.39, 0.29) is 0 Å². The molecule has 1 aromatic carbocycles. The van der Waals surface area contributed by atoms with Gasteiger partial charge in [0.15, 0.2) is 0 Å². The van der Waals surface area contributed by atoms with Gasteiger partial charge in [-0.3, -0.25) is 4.79 Å². The molecule has 4 heteroatoms. The van der Waals surface area contributed by atoms with Crippen molar-refractivity contribution in [1.29, 1.82) is 0 Å². The highest BCUT2D eigenvalue weighted by Crippen LogP contribution is 2.20. The molecule has 0 radical (unpaired) electrons. The van der Waals surface area contributed by atoms with Crippen molar-refractivity contribution in [2.75, 3.05) is 37.0 Å². The van der Waals surface area contributed by atoms with Crippen LogP contribution in [0.25, 0.3) is 0 Å². The molecular weight excluding hydrogens is 240 g/mol. The predicted molar refractivity (Wildman–Crippen MR) is 80.0 cm³/mol. The topological polar surface area (TPSA) is 43.8 Å². The van der Waals surface area contributed by atoms with E-state index in [2.05, 4.69) is 6.58 Å². The van der Waals surface area contributed by atoms with E-state index in [1.165, 1.54) is 0 Å². The second-order valence-electron chi connectivity index (χ2n) is 4.84. The van der Waals surface area contributed by atoms with Crippen LogP contribution in [0.15, 0.2) is 36.9 Å². The zero-order valence-corrected chi connectivity index (χ0v) is 11.8. The number of nitrogens with zero attached hydrogens (tertiary/aromatic N) is 2. The van der Waals surface area contributed by atoms with Crippen LogP contribution in [0.3, 0.4) is 0 Å². The first-order chi connectivity index (χ1) is 8.95. The van der Waals surface area contributed by atoms with Crippen molar-refractivity contribution in [3.63, 3.8) is 0 Å². The maximum Gasteiger partial charge on any atom is 0.308 e. The van der Waals surface area contributed by atoms with E-state index in [4.69, 9.17) is 5.11 Å². The fourth-order valence-corrected chi connectivity index (χ4v) is 1.81. The average Bonchev–Trinajstić information content (AvgIpc) is 2.38. The van der Waals surface area contributed by atoms with E-state index in [0.717, 1.165) is 11.4 Å². The smallest absolute Gasteiger partial charge is 0.308 e. The Labute approximate surface area is 115 Å². The molecule has 0 bridgehead atoms. The fourth-order valence-electron chi connectivity index (χ4n) is 1.81. The number of anilines is 2. The van der Waals surface area contributed by atoms with Gasteiger partial charge in [0.05, 0.1) is 5.92 Å². The molecule has 4 nitrogen and oxygen atoms in total. The van der Waals surface area contributed by atoms with Crippen LogP contribution in [-0.2, 0) is 4.79 Å². The number of carboxylic acids is 1. The summed E-state index contributed by atoms with van der Waals surface area (Å²) in [7, 11) is 3.98. The molecule has 1 unspecified atom stereocenters. The summed E-state index contributed by atoms with van der Waals surface area (Å²) < 4.78 is 0. The van der Waals surface area contributed by atoms with Gasteiger partial charge in [0.25, 0.3) is 0 Å². The van der Waals surface area contributed by atoms with E-state index in [1.807, 2.05) is 48.2 Å². The molecule has 1 N–H and O–H groups in total. The average molecular weight is 262 g/mol. The van der Waals surface area contributed by atoms with Gasteiger partial charge in [0.1, 0.15) is 0 Å². The largest absolute Gasteiger partial charge is 0.481 e. The Kier molecular flexibility index (Phi) is 5.42. The van der Waals surface area contributed by atoms with Gasteiger partial charge >= 0.3 is 5.97 Å². The Hall–Kier alpha value is -1.97. The number of hydrogen-bond acceptors (Lipinski definition) is 3. The SMILES string of the molecule is C=CCN(CC(C)C(=O)O)c1ccc(N(C)C)cc1. The second kappa shape index (κ2) is 6.83. The van der Waals surface area contributed by atoms with Crippen molar-refractivity contribution >= 4 is 17.3 Å². The molecule has 0 aliphatic rings. The van der Waals surface area contributed by atoms with Gasteiger partial charge in [-0.15, -0.1) is 6.58 Å². The van der Waals surface area contributed by atoms with Crippen molar-refractivity contribution in [3.05, 3.63) is 36.9 Å². The third-order valence-electron chi connectivity index (χ3n) is 3.00. The Morgan fingerprint density at radius 2 is 1.84 bits per heavy atom. The van der Waals surface area contributed by atoms with Crippen molar-refractivity contribution in [2.45, 2.75) is 6.92 Å². The minimum Gasteiger partial charge on any atom is -0.481 e. The Morgan fingerprint density at radius 1 is 1.32 bits per heavy atom. The monoisotopic (exact) mass is 262 g/mol. The van der Waals surface area contributed by atoms with Gasteiger partial charge in [-0.25, -0.2) is 0 Å². The minimum atomic E-state index is -0.779. The maximum atomic E-state index is 11.0. The lowest BCUT2D eigenvalue weighted by molar-refractivity contribution is -0.140. The summed E-state index contributed by atoms with van der Waals surface area (Å²) in [6.07, 6.45) is 1.79. The predicted octanol–water partition coefficient (Wildman–Crippen LogP) is 2.47. The number of aliphatic carboxylic acids is 1. The zero-order valence-electron chi connectivity index (χ0n) is 11.8. The van der Waals surface area contributed by atoms with E-state index in [1.54, 1.807) is 13.0 Å². The summed E-state index contributed by atoms with van der Waals surface area (Å²) >= 11 is 0. The Morgan fingerprint density at radius 3 is 2.26 bits per heavy atom. The third kappa shape index (κ3) is 4.32. The standard InChI is InChI=1S/C15H22N2O2/c1-5-10-17(11-12(2)15(18)19)14-8-6-13(7-9-14)16(3)4/h5-9,12H,1,10-11H2,2-4H3,(H,18,19). The first-order valence-electron chi connectivity index (χ1n) is 6.31. The summed E-state index contributed by atoms with van der Waals surface area (Å²) in [6.45, 7) is 6.55. The highest BCUT2D eigenvalue weighted by Gasteiger charge is 2.15. The van der Waals surface area contributed by atoms with Crippen LogP contribution in [0, 0.1) is 5.92 Å². The maximum absolute atomic E-state index is 11.0. The number of rotatable bonds is 7. The summed E-state index contributed by atoms with van der Waals surface area (Å²) in [6, 6.07) is 8.06. The van der Waals surface area contributed by atoms with Crippen LogP contribution in [0.4, 0.5) is 11.4 Å². The molecule has 0 saturated carbocycles. The number of carboxylic acid groups (broad SMARTS) is 1. The van der Waals surface area contributed by atoms with Crippen molar-refractivity contribution in [1.82, 2.24) is 0 Å². The molecule has 104 valence electrons. The minimum absolute atomic E-state index is 0.409. The van der Waals surface area contributed by atoms with E-state index in [9.17, 15) is 4.79 Å². The summed E-state index contributed by atoms with van der Waals surface area (Å²) in [4.78, 5) is 15.0. The van der Waals surface area contributed by atoms with Crippen LogP contribution in [-0.4, -0.2) is 38.3 Å². The number of hydrogen-bond donors (Lipinski definition) is 1. The molecular formula is C15H22N2O2. The van der Waals surface area contributed by atoms with Crippen LogP contribution in [0.1, 0.15) is 6.92 Å². The number of benzene rings is 1. The highest BCUT2D eigenvalue weighted by molar-refractivity contribution is 5.70. The van der Waals surface area contributed by atoms with E-state index >= 15 is 0 Å². The van der Waals surface area contributed by atoms with Crippen LogP contribution < -0.4 is 9.80 Å². The molecule has 0 fully saturated rings. The summed E-state index contributed by atoms with van der Waals surface area (Å²) in [5.74, 6) is -1.19. The zero-order chi connectivity index (χ0) is 14.4. The normalized spacial score (nSPS) is 11.7. The van der Waals surface area contributed by atoms with Gasteiger partial charge in [-0.2, -0.15) is 0 Å². The van der Waals surface area contributed by atoms with Gasteiger partial charge < -0.3 is 14.9 Å². The van der Waals surface area contributed by atoms with Gasteiger partial charge in [-0.1, -0.05) is 13.0 Å². The lowest BCUT2D eigenvalue weighted by Crippen LogP contribution is -2.32. The molecule has 0 aromatic heterocycles. The molecule has 0 spiro atoms. The molecule has 1 atom stereocenters. The van der Waals surface area contributed by atoms with Crippen LogP contribution >= 0.6 is 0 Å². The van der Waals surface area contributed by atoms with E-state index in [0.29, 0.717) is 13.1 Å². The molecule has 1 aromatic rings. The van der Waals surface area contributed by atoms with Gasteiger partial charge in [0, 0.05) is 38.6 Å². The van der Waals surface area contributed by atoms with Crippen LogP contribution in [0.2, 0.25) is 0 Å². The summed E-state index contributed by atoms with van der Waals surface area (Å²) in [5.41, 5.74) is 2.13. The van der Waals surface area contributed by atoms with Crippen molar-refractivity contribution < 1.29 is 9.90 Å². The molecule has 0 heterocycles. The van der Waals surface area contributed by atoms with Gasteiger partial charge in [0.2, 0.25) is 0 Å². The molecule has 0 saturated heterocycles. The van der Waals surface area contributed by atoms with Crippen LogP contribution in [0.5, 0.6) is 0 Å². The molecule has 1 rings (SSSR count).